The molecule has 19 heavy (non-hydrogen) atoms. The van der Waals surface area contributed by atoms with Crippen LogP contribution in [0, 0.1) is 0 Å². The van der Waals surface area contributed by atoms with Crippen LogP contribution in [0.15, 0.2) is 47.1 Å². The van der Waals surface area contributed by atoms with Crippen LogP contribution in [0.4, 0.5) is 5.69 Å². The molecule has 1 unspecified atom stereocenters. The van der Waals surface area contributed by atoms with E-state index < -0.39 is 6.10 Å². The Labute approximate surface area is 116 Å². The normalized spacial score (nSPS) is 12.3. The third kappa shape index (κ3) is 4.54. The second-order valence-electron chi connectivity index (χ2n) is 4.10. The number of furan rings is 1. The summed E-state index contributed by atoms with van der Waals surface area (Å²) in [5, 5.41) is 9.81. The molecule has 0 aliphatic heterocycles. The maximum atomic E-state index is 9.81. The number of benzene rings is 1. The fourth-order valence-electron chi connectivity index (χ4n) is 1.54. The smallest absolute Gasteiger partial charge is 0.142 e. The van der Waals surface area contributed by atoms with Crippen molar-refractivity contribution in [2.24, 2.45) is 0 Å². The predicted octanol–water partition coefficient (Wildman–Crippen LogP) is 2.53. The van der Waals surface area contributed by atoms with Gasteiger partial charge in [0.2, 0.25) is 0 Å². The maximum absolute atomic E-state index is 9.81. The van der Waals surface area contributed by atoms with Crippen LogP contribution in [0.3, 0.4) is 0 Å². The van der Waals surface area contributed by atoms with E-state index in [0.29, 0.717) is 17.2 Å². The van der Waals surface area contributed by atoms with Gasteiger partial charge in [0.25, 0.3) is 0 Å². The highest BCUT2D eigenvalue weighted by Gasteiger charge is 2.07. The minimum Gasteiger partial charge on any atom is -0.489 e. The van der Waals surface area contributed by atoms with E-state index in [2.05, 4.69) is 0 Å². The van der Waals surface area contributed by atoms with E-state index in [4.69, 9.17) is 14.9 Å². The number of aliphatic hydroxyl groups is 1. The van der Waals surface area contributed by atoms with Crippen molar-refractivity contribution in [3.63, 3.8) is 0 Å². The summed E-state index contributed by atoms with van der Waals surface area (Å²) in [6, 6.07) is 11.0. The van der Waals surface area contributed by atoms with Crippen LogP contribution in [0.5, 0.6) is 5.75 Å². The average Bonchev–Trinajstić information content (AvgIpc) is 2.91. The van der Waals surface area contributed by atoms with E-state index in [-0.39, 0.29) is 6.61 Å². The van der Waals surface area contributed by atoms with Gasteiger partial charge in [-0.25, -0.2) is 0 Å². The lowest BCUT2D eigenvalue weighted by atomic mass is 10.3. The summed E-state index contributed by atoms with van der Waals surface area (Å²) in [6.45, 7) is 0.235. The van der Waals surface area contributed by atoms with Crippen molar-refractivity contribution in [3.8, 4) is 5.75 Å². The number of aliphatic hydroxyl groups excluding tert-OH is 1. The topological polar surface area (TPSA) is 68.6 Å². The Morgan fingerprint density at radius 1 is 1.26 bits per heavy atom. The van der Waals surface area contributed by atoms with Gasteiger partial charge in [0.05, 0.1) is 23.8 Å². The van der Waals surface area contributed by atoms with Crippen molar-refractivity contribution in [3.05, 3.63) is 48.4 Å². The van der Waals surface area contributed by atoms with Gasteiger partial charge < -0.3 is 20.0 Å². The summed E-state index contributed by atoms with van der Waals surface area (Å²) in [5.41, 5.74) is 6.33. The van der Waals surface area contributed by atoms with Crippen molar-refractivity contribution >= 4 is 17.4 Å². The van der Waals surface area contributed by atoms with Crippen LogP contribution in [0.1, 0.15) is 5.76 Å². The Morgan fingerprint density at radius 3 is 2.84 bits per heavy atom. The first-order valence-corrected chi connectivity index (χ1v) is 7.16. The molecule has 5 heteroatoms. The molecule has 1 aromatic heterocycles. The van der Waals surface area contributed by atoms with Gasteiger partial charge in [0.15, 0.2) is 0 Å². The van der Waals surface area contributed by atoms with Gasteiger partial charge in [-0.1, -0.05) is 12.1 Å². The van der Waals surface area contributed by atoms with Crippen molar-refractivity contribution in [1.29, 1.82) is 0 Å². The average molecular weight is 279 g/mol. The molecule has 0 saturated carbocycles. The number of nitrogens with two attached hydrogens (primary N) is 1. The van der Waals surface area contributed by atoms with Crippen molar-refractivity contribution in [1.82, 2.24) is 0 Å². The Hall–Kier alpha value is -1.59. The Kier molecular flexibility index (Phi) is 5.18. The van der Waals surface area contributed by atoms with Crippen molar-refractivity contribution in [2.75, 3.05) is 18.1 Å². The molecule has 2 aromatic rings. The third-order valence-corrected chi connectivity index (χ3v) is 3.59. The molecular formula is C14H17NO3S. The zero-order valence-electron chi connectivity index (χ0n) is 10.5. The molecule has 0 radical (unpaired) electrons. The monoisotopic (exact) mass is 279 g/mol. The number of hydrogen-bond donors (Lipinski definition) is 2. The lowest BCUT2D eigenvalue weighted by Crippen LogP contribution is -2.20. The highest BCUT2D eigenvalue weighted by atomic mass is 32.2. The van der Waals surface area contributed by atoms with E-state index in [1.807, 2.05) is 24.3 Å². The fourth-order valence-corrected chi connectivity index (χ4v) is 2.39. The molecule has 4 nitrogen and oxygen atoms in total. The molecule has 0 aliphatic carbocycles. The van der Waals surface area contributed by atoms with E-state index >= 15 is 0 Å². The summed E-state index contributed by atoms with van der Waals surface area (Å²) in [7, 11) is 0. The number of ether oxygens (including phenoxy) is 1. The van der Waals surface area contributed by atoms with Crippen molar-refractivity contribution in [2.45, 2.75) is 11.9 Å². The van der Waals surface area contributed by atoms with Gasteiger partial charge in [-0.3, -0.25) is 0 Å². The maximum Gasteiger partial charge on any atom is 0.142 e. The number of thioether (sulfide) groups is 1. The Bertz CT molecular complexity index is 487. The van der Waals surface area contributed by atoms with Crippen LogP contribution in [0.25, 0.3) is 0 Å². The van der Waals surface area contributed by atoms with E-state index in [9.17, 15) is 5.11 Å². The summed E-state index contributed by atoms with van der Waals surface area (Å²) < 4.78 is 10.7. The number of rotatable bonds is 7. The Balaban J connectivity index is 1.67. The number of hydrogen-bond acceptors (Lipinski definition) is 5. The van der Waals surface area contributed by atoms with Gasteiger partial charge in [-0.2, -0.15) is 11.8 Å². The van der Waals surface area contributed by atoms with Gasteiger partial charge in [0.1, 0.15) is 18.1 Å². The van der Waals surface area contributed by atoms with Gasteiger partial charge in [-0.15, -0.1) is 0 Å². The minimum atomic E-state index is -0.528. The number of nitrogen functional groups attached to an aromatic ring is 1. The van der Waals surface area contributed by atoms with Gasteiger partial charge in [0, 0.05) is 5.75 Å². The van der Waals surface area contributed by atoms with Gasteiger partial charge >= 0.3 is 0 Å². The second-order valence-corrected chi connectivity index (χ2v) is 5.13. The molecule has 0 bridgehead atoms. The number of para-hydroxylation sites is 2. The molecule has 1 aromatic carbocycles. The molecule has 2 rings (SSSR count). The summed E-state index contributed by atoms with van der Waals surface area (Å²) in [6.07, 6.45) is 1.12. The van der Waals surface area contributed by atoms with Gasteiger partial charge in [-0.05, 0) is 24.3 Å². The Morgan fingerprint density at radius 2 is 2.11 bits per heavy atom. The molecule has 0 amide bonds. The zero-order valence-corrected chi connectivity index (χ0v) is 11.3. The molecule has 3 N–H and O–H groups in total. The largest absolute Gasteiger partial charge is 0.489 e. The van der Waals surface area contributed by atoms with E-state index in [1.165, 1.54) is 0 Å². The van der Waals surface area contributed by atoms with Crippen LogP contribution < -0.4 is 10.5 Å². The van der Waals surface area contributed by atoms with E-state index in [1.54, 1.807) is 30.2 Å². The standard InChI is InChI=1S/C14H17NO3S/c15-13-5-1-2-6-14(13)18-8-11(16)9-19-10-12-4-3-7-17-12/h1-7,11,16H,8-10,15H2. The van der Waals surface area contributed by atoms with Crippen LogP contribution in [-0.4, -0.2) is 23.6 Å². The fraction of sp³-hybridized carbons (Fsp3) is 0.286. The molecule has 0 saturated heterocycles. The number of anilines is 1. The van der Waals surface area contributed by atoms with Crippen LogP contribution in [-0.2, 0) is 5.75 Å². The van der Waals surface area contributed by atoms with Crippen molar-refractivity contribution < 1.29 is 14.3 Å². The SMILES string of the molecule is Nc1ccccc1OCC(O)CSCc1ccco1. The molecule has 1 heterocycles. The molecular weight excluding hydrogens is 262 g/mol. The lowest BCUT2D eigenvalue weighted by Gasteiger charge is -2.13. The molecule has 1 atom stereocenters. The second kappa shape index (κ2) is 7.11. The highest BCUT2D eigenvalue weighted by molar-refractivity contribution is 7.98. The first-order chi connectivity index (χ1) is 9.25. The zero-order chi connectivity index (χ0) is 13.5. The predicted molar refractivity (Wildman–Crippen MR) is 77.2 cm³/mol. The lowest BCUT2D eigenvalue weighted by molar-refractivity contribution is 0.127. The quantitative estimate of drug-likeness (QED) is 0.762. The summed E-state index contributed by atoms with van der Waals surface area (Å²) >= 11 is 1.60. The van der Waals surface area contributed by atoms with Crippen LogP contribution >= 0.6 is 11.8 Å². The third-order valence-electron chi connectivity index (χ3n) is 2.48. The molecule has 0 aliphatic rings. The highest BCUT2D eigenvalue weighted by Crippen LogP contribution is 2.20. The first-order valence-electron chi connectivity index (χ1n) is 6.01. The summed E-state index contributed by atoms with van der Waals surface area (Å²) in [5.74, 6) is 2.85. The molecule has 102 valence electrons. The summed E-state index contributed by atoms with van der Waals surface area (Å²) in [4.78, 5) is 0. The molecule has 0 fully saturated rings. The minimum absolute atomic E-state index is 0.235. The molecule has 0 spiro atoms. The van der Waals surface area contributed by atoms with Crippen LogP contribution in [0.2, 0.25) is 0 Å². The van der Waals surface area contributed by atoms with E-state index in [0.717, 1.165) is 11.5 Å². The first kappa shape index (κ1) is 13.8.